The lowest BCUT2D eigenvalue weighted by molar-refractivity contribution is 0.636. The molecule has 1 aromatic heterocycles. The molecule has 0 bridgehead atoms. The summed E-state index contributed by atoms with van der Waals surface area (Å²) in [6.07, 6.45) is 4.11. The summed E-state index contributed by atoms with van der Waals surface area (Å²) < 4.78 is 1.92. The van der Waals surface area contributed by atoms with Gasteiger partial charge in [0.1, 0.15) is 0 Å². The SMILES string of the molecule is CCCNCCc1ccnn1C. The van der Waals surface area contributed by atoms with E-state index in [1.807, 2.05) is 17.9 Å². The summed E-state index contributed by atoms with van der Waals surface area (Å²) >= 11 is 0. The molecule has 0 saturated carbocycles. The van der Waals surface area contributed by atoms with Crippen LogP contribution in [0.2, 0.25) is 0 Å². The first-order chi connectivity index (χ1) is 5.84. The molecule has 3 heteroatoms. The molecule has 12 heavy (non-hydrogen) atoms. The van der Waals surface area contributed by atoms with Gasteiger partial charge in [0.25, 0.3) is 0 Å². The van der Waals surface area contributed by atoms with Gasteiger partial charge in [-0.2, -0.15) is 5.10 Å². The quantitative estimate of drug-likeness (QED) is 0.662. The third-order valence-electron chi connectivity index (χ3n) is 1.91. The molecule has 0 saturated heterocycles. The summed E-state index contributed by atoms with van der Waals surface area (Å²) in [4.78, 5) is 0. The van der Waals surface area contributed by atoms with E-state index in [9.17, 15) is 0 Å². The predicted molar refractivity (Wildman–Crippen MR) is 50.1 cm³/mol. The molecule has 0 spiro atoms. The molecule has 0 radical (unpaired) electrons. The smallest absolute Gasteiger partial charge is 0.0492 e. The second kappa shape index (κ2) is 4.93. The maximum absolute atomic E-state index is 4.10. The van der Waals surface area contributed by atoms with Gasteiger partial charge in [0.05, 0.1) is 0 Å². The van der Waals surface area contributed by atoms with Crippen molar-refractivity contribution < 1.29 is 0 Å². The van der Waals surface area contributed by atoms with Crippen LogP contribution >= 0.6 is 0 Å². The highest BCUT2D eigenvalue weighted by Crippen LogP contribution is 1.95. The Morgan fingerprint density at radius 1 is 1.50 bits per heavy atom. The topological polar surface area (TPSA) is 29.9 Å². The lowest BCUT2D eigenvalue weighted by atomic mass is 10.3. The van der Waals surface area contributed by atoms with Crippen LogP contribution in [0.15, 0.2) is 12.3 Å². The minimum atomic E-state index is 1.05. The van der Waals surface area contributed by atoms with Gasteiger partial charge < -0.3 is 5.32 Å². The van der Waals surface area contributed by atoms with Gasteiger partial charge in [-0.05, 0) is 19.0 Å². The molecule has 0 unspecified atom stereocenters. The molecule has 3 nitrogen and oxygen atoms in total. The Bertz CT molecular complexity index is 217. The van der Waals surface area contributed by atoms with E-state index in [0.717, 1.165) is 19.5 Å². The lowest BCUT2D eigenvalue weighted by Gasteiger charge is -2.02. The minimum Gasteiger partial charge on any atom is -0.316 e. The molecule has 0 aliphatic rings. The molecule has 1 N–H and O–H groups in total. The van der Waals surface area contributed by atoms with Gasteiger partial charge in [-0.15, -0.1) is 0 Å². The van der Waals surface area contributed by atoms with Gasteiger partial charge in [0, 0.05) is 31.9 Å². The molecule has 1 aromatic rings. The molecule has 1 heterocycles. The monoisotopic (exact) mass is 167 g/mol. The van der Waals surface area contributed by atoms with E-state index in [-0.39, 0.29) is 0 Å². The number of aryl methyl sites for hydroxylation is 1. The average Bonchev–Trinajstić information content (AvgIpc) is 2.46. The predicted octanol–water partition coefficient (Wildman–Crippen LogP) is 0.962. The summed E-state index contributed by atoms with van der Waals surface area (Å²) in [6.45, 7) is 4.34. The fourth-order valence-corrected chi connectivity index (χ4v) is 1.16. The van der Waals surface area contributed by atoms with Gasteiger partial charge >= 0.3 is 0 Å². The van der Waals surface area contributed by atoms with E-state index >= 15 is 0 Å². The average molecular weight is 167 g/mol. The zero-order valence-electron chi connectivity index (χ0n) is 7.88. The maximum atomic E-state index is 4.10. The van der Waals surface area contributed by atoms with Crippen LogP contribution in [-0.4, -0.2) is 22.9 Å². The Morgan fingerprint density at radius 2 is 2.33 bits per heavy atom. The molecule has 0 atom stereocenters. The number of nitrogens with zero attached hydrogens (tertiary/aromatic N) is 2. The van der Waals surface area contributed by atoms with Crippen molar-refractivity contribution in [2.45, 2.75) is 19.8 Å². The van der Waals surface area contributed by atoms with Gasteiger partial charge in [-0.3, -0.25) is 4.68 Å². The van der Waals surface area contributed by atoms with Crippen LogP contribution < -0.4 is 5.32 Å². The number of hydrogen-bond donors (Lipinski definition) is 1. The molecule has 0 fully saturated rings. The number of aromatic nitrogens is 2. The lowest BCUT2D eigenvalue weighted by Crippen LogP contribution is -2.18. The molecule has 0 aliphatic carbocycles. The molecular formula is C9H17N3. The molecule has 0 amide bonds. The van der Waals surface area contributed by atoms with Gasteiger partial charge in [0.2, 0.25) is 0 Å². The van der Waals surface area contributed by atoms with Crippen LogP contribution in [-0.2, 0) is 13.5 Å². The highest BCUT2D eigenvalue weighted by molar-refractivity contribution is 5.00. The van der Waals surface area contributed by atoms with E-state index < -0.39 is 0 Å². The Labute approximate surface area is 73.8 Å². The normalized spacial score (nSPS) is 10.5. The maximum Gasteiger partial charge on any atom is 0.0492 e. The van der Waals surface area contributed by atoms with Crippen molar-refractivity contribution in [1.82, 2.24) is 15.1 Å². The van der Waals surface area contributed by atoms with Crippen LogP contribution in [0, 0.1) is 0 Å². The molecule has 0 aromatic carbocycles. The van der Waals surface area contributed by atoms with Crippen molar-refractivity contribution in [2.24, 2.45) is 7.05 Å². The van der Waals surface area contributed by atoms with Crippen molar-refractivity contribution in [3.05, 3.63) is 18.0 Å². The van der Waals surface area contributed by atoms with E-state index in [1.165, 1.54) is 12.1 Å². The zero-order valence-corrected chi connectivity index (χ0v) is 7.88. The first-order valence-electron chi connectivity index (χ1n) is 4.52. The number of hydrogen-bond acceptors (Lipinski definition) is 2. The molecule has 1 rings (SSSR count). The molecule has 0 aliphatic heterocycles. The summed E-state index contributed by atoms with van der Waals surface area (Å²) in [5.74, 6) is 0. The Balaban J connectivity index is 2.20. The van der Waals surface area contributed by atoms with Gasteiger partial charge in [-0.1, -0.05) is 6.92 Å². The Kier molecular flexibility index (Phi) is 3.80. The minimum absolute atomic E-state index is 1.05. The standard InChI is InChI=1S/C9H17N3/c1-3-6-10-7-4-9-5-8-11-12(9)2/h5,8,10H,3-4,6-7H2,1-2H3. The van der Waals surface area contributed by atoms with Gasteiger partial charge in [-0.25, -0.2) is 0 Å². The highest BCUT2D eigenvalue weighted by Gasteiger charge is 1.96. The van der Waals surface area contributed by atoms with Crippen LogP contribution in [0.1, 0.15) is 19.0 Å². The van der Waals surface area contributed by atoms with Gasteiger partial charge in [0.15, 0.2) is 0 Å². The van der Waals surface area contributed by atoms with E-state index in [1.54, 1.807) is 0 Å². The fourth-order valence-electron chi connectivity index (χ4n) is 1.16. The largest absolute Gasteiger partial charge is 0.316 e. The van der Waals surface area contributed by atoms with E-state index in [2.05, 4.69) is 23.4 Å². The Morgan fingerprint density at radius 3 is 2.92 bits per heavy atom. The van der Waals surface area contributed by atoms with Crippen molar-refractivity contribution in [3.8, 4) is 0 Å². The van der Waals surface area contributed by atoms with Crippen LogP contribution in [0.4, 0.5) is 0 Å². The van der Waals surface area contributed by atoms with Crippen molar-refractivity contribution in [3.63, 3.8) is 0 Å². The highest BCUT2D eigenvalue weighted by atomic mass is 15.3. The number of rotatable bonds is 5. The third kappa shape index (κ3) is 2.66. The zero-order chi connectivity index (χ0) is 8.81. The summed E-state index contributed by atoms with van der Waals surface area (Å²) in [5.41, 5.74) is 1.29. The summed E-state index contributed by atoms with van der Waals surface area (Å²) in [7, 11) is 1.98. The second-order valence-corrected chi connectivity index (χ2v) is 2.95. The third-order valence-corrected chi connectivity index (χ3v) is 1.91. The molecule has 68 valence electrons. The summed E-state index contributed by atoms with van der Waals surface area (Å²) in [5, 5.41) is 7.46. The van der Waals surface area contributed by atoms with Crippen molar-refractivity contribution in [2.75, 3.05) is 13.1 Å². The first-order valence-corrected chi connectivity index (χ1v) is 4.52. The van der Waals surface area contributed by atoms with Crippen molar-refractivity contribution >= 4 is 0 Å². The van der Waals surface area contributed by atoms with E-state index in [0.29, 0.717) is 0 Å². The van der Waals surface area contributed by atoms with Crippen LogP contribution in [0.5, 0.6) is 0 Å². The van der Waals surface area contributed by atoms with Crippen LogP contribution in [0.25, 0.3) is 0 Å². The fraction of sp³-hybridized carbons (Fsp3) is 0.667. The Hall–Kier alpha value is -0.830. The van der Waals surface area contributed by atoms with Crippen molar-refractivity contribution in [1.29, 1.82) is 0 Å². The summed E-state index contributed by atoms with van der Waals surface area (Å²) in [6, 6.07) is 2.06. The van der Waals surface area contributed by atoms with Crippen LogP contribution in [0.3, 0.4) is 0 Å². The number of nitrogens with one attached hydrogen (secondary N) is 1. The van der Waals surface area contributed by atoms with E-state index in [4.69, 9.17) is 0 Å². The molecular weight excluding hydrogens is 150 g/mol. The first kappa shape index (κ1) is 9.26. The second-order valence-electron chi connectivity index (χ2n) is 2.95.